The summed E-state index contributed by atoms with van der Waals surface area (Å²) >= 11 is 0. The number of amides is 1. The van der Waals surface area contributed by atoms with E-state index in [0.717, 1.165) is 29.0 Å². The van der Waals surface area contributed by atoms with E-state index in [1.807, 2.05) is 53.4 Å². The highest BCUT2D eigenvalue weighted by Crippen LogP contribution is 2.45. The van der Waals surface area contributed by atoms with Crippen LogP contribution >= 0.6 is 0 Å². The highest BCUT2D eigenvalue weighted by Gasteiger charge is 2.38. The predicted molar refractivity (Wildman–Crippen MR) is 95.1 cm³/mol. The maximum Gasteiger partial charge on any atom is 0.234 e. The standard InChI is InChI=1S/C20H18N4O2/c25-20(23-12-9-14(13-23)24-21-10-11-22-24)19-15-5-1-3-7-17(15)26-18-8-4-2-6-16(18)19/h1-8,10-11,14,19H,9,12-13H2/t14-/m1/s1. The van der Waals surface area contributed by atoms with Gasteiger partial charge in [0, 0.05) is 24.2 Å². The van der Waals surface area contributed by atoms with E-state index < -0.39 is 0 Å². The van der Waals surface area contributed by atoms with Crippen LogP contribution in [0.25, 0.3) is 0 Å². The molecular weight excluding hydrogens is 328 g/mol. The van der Waals surface area contributed by atoms with Crippen molar-refractivity contribution in [3.05, 3.63) is 72.1 Å². The summed E-state index contributed by atoms with van der Waals surface area (Å²) < 4.78 is 6.01. The van der Waals surface area contributed by atoms with Crippen LogP contribution < -0.4 is 4.74 Å². The van der Waals surface area contributed by atoms with Crippen molar-refractivity contribution < 1.29 is 9.53 Å². The number of ether oxygens (including phenoxy) is 1. The first-order chi connectivity index (χ1) is 12.8. The Labute approximate surface area is 151 Å². The molecule has 3 aromatic rings. The smallest absolute Gasteiger partial charge is 0.234 e. The minimum Gasteiger partial charge on any atom is -0.457 e. The summed E-state index contributed by atoms with van der Waals surface area (Å²) in [7, 11) is 0. The summed E-state index contributed by atoms with van der Waals surface area (Å²) in [5.41, 5.74) is 1.86. The Balaban J connectivity index is 1.49. The first-order valence-corrected chi connectivity index (χ1v) is 8.81. The van der Waals surface area contributed by atoms with Crippen molar-refractivity contribution in [3.63, 3.8) is 0 Å². The van der Waals surface area contributed by atoms with Crippen molar-refractivity contribution in [1.29, 1.82) is 0 Å². The highest BCUT2D eigenvalue weighted by molar-refractivity contribution is 5.90. The molecule has 6 heteroatoms. The molecule has 6 nitrogen and oxygen atoms in total. The van der Waals surface area contributed by atoms with Crippen LogP contribution in [0.3, 0.4) is 0 Å². The van der Waals surface area contributed by atoms with Crippen molar-refractivity contribution in [2.45, 2.75) is 18.4 Å². The maximum absolute atomic E-state index is 13.5. The molecule has 1 amide bonds. The van der Waals surface area contributed by atoms with Crippen molar-refractivity contribution in [2.75, 3.05) is 13.1 Å². The normalized spacial score (nSPS) is 18.9. The lowest BCUT2D eigenvalue weighted by atomic mass is 9.87. The molecule has 2 aromatic carbocycles. The minimum atomic E-state index is -0.333. The zero-order valence-corrected chi connectivity index (χ0v) is 14.2. The number of para-hydroxylation sites is 2. The fourth-order valence-corrected chi connectivity index (χ4v) is 3.90. The van der Waals surface area contributed by atoms with Gasteiger partial charge in [-0.2, -0.15) is 15.0 Å². The second-order valence-corrected chi connectivity index (χ2v) is 6.69. The average Bonchev–Trinajstić information content (AvgIpc) is 3.37. The van der Waals surface area contributed by atoms with E-state index >= 15 is 0 Å². The lowest BCUT2D eigenvalue weighted by Crippen LogP contribution is -2.35. The molecule has 26 heavy (non-hydrogen) atoms. The molecule has 0 radical (unpaired) electrons. The van der Waals surface area contributed by atoms with Gasteiger partial charge in [0.15, 0.2) is 0 Å². The third-order valence-electron chi connectivity index (χ3n) is 5.17. The Kier molecular flexibility index (Phi) is 3.48. The van der Waals surface area contributed by atoms with E-state index in [1.165, 1.54) is 0 Å². The van der Waals surface area contributed by atoms with Gasteiger partial charge in [-0.25, -0.2) is 0 Å². The fourth-order valence-electron chi connectivity index (χ4n) is 3.90. The van der Waals surface area contributed by atoms with E-state index in [1.54, 1.807) is 17.2 Å². The molecule has 0 spiro atoms. The zero-order valence-electron chi connectivity index (χ0n) is 14.2. The predicted octanol–water partition coefficient (Wildman–Crippen LogP) is 2.99. The average molecular weight is 346 g/mol. The van der Waals surface area contributed by atoms with Gasteiger partial charge < -0.3 is 9.64 Å². The topological polar surface area (TPSA) is 60.2 Å². The number of aromatic nitrogens is 3. The molecule has 130 valence electrons. The molecule has 0 unspecified atom stereocenters. The summed E-state index contributed by atoms with van der Waals surface area (Å²) in [5, 5.41) is 8.45. The monoisotopic (exact) mass is 346 g/mol. The third-order valence-corrected chi connectivity index (χ3v) is 5.17. The van der Waals surface area contributed by atoms with Gasteiger partial charge in [0.2, 0.25) is 5.91 Å². The van der Waals surface area contributed by atoms with E-state index in [0.29, 0.717) is 13.1 Å². The number of carbonyl (C=O) groups excluding carboxylic acids is 1. The summed E-state index contributed by atoms with van der Waals surface area (Å²) in [6, 6.07) is 15.7. The number of benzene rings is 2. The van der Waals surface area contributed by atoms with Crippen molar-refractivity contribution in [1.82, 2.24) is 19.9 Å². The van der Waals surface area contributed by atoms with E-state index in [9.17, 15) is 4.79 Å². The Hall–Kier alpha value is -3.15. The molecule has 3 heterocycles. The van der Waals surface area contributed by atoms with Gasteiger partial charge in [0.1, 0.15) is 11.5 Å². The third kappa shape index (κ3) is 2.37. The molecule has 0 aliphatic carbocycles. The van der Waals surface area contributed by atoms with Gasteiger partial charge in [-0.15, -0.1) is 0 Å². The van der Waals surface area contributed by atoms with Gasteiger partial charge in [-0.3, -0.25) is 4.79 Å². The molecule has 2 aliphatic heterocycles. The number of nitrogens with zero attached hydrogens (tertiary/aromatic N) is 4. The minimum absolute atomic E-state index is 0.114. The van der Waals surface area contributed by atoms with Crippen LogP contribution in [0.4, 0.5) is 0 Å². The van der Waals surface area contributed by atoms with Gasteiger partial charge >= 0.3 is 0 Å². The lowest BCUT2D eigenvalue weighted by Gasteiger charge is -2.30. The molecule has 1 atom stereocenters. The molecule has 1 fully saturated rings. The SMILES string of the molecule is O=C(C1c2ccccc2Oc2ccccc21)N1CC[C@@H](n2nccn2)C1. The Morgan fingerprint density at radius 2 is 1.58 bits per heavy atom. The Bertz CT molecular complexity index is 908. The van der Waals surface area contributed by atoms with E-state index in [-0.39, 0.29) is 17.9 Å². The Morgan fingerprint density at radius 3 is 2.23 bits per heavy atom. The van der Waals surface area contributed by atoms with Crippen molar-refractivity contribution in [2.24, 2.45) is 0 Å². The molecule has 0 N–H and O–H groups in total. The summed E-state index contributed by atoms with van der Waals surface area (Å²) in [4.78, 5) is 17.1. The van der Waals surface area contributed by atoms with Crippen LogP contribution in [0.5, 0.6) is 11.5 Å². The van der Waals surface area contributed by atoms with Crippen LogP contribution in [-0.4, -0.2) is 38.9 Å². The van der Waals surface area contributed by atoms with Crippen molar-refractivity contribution >= 4 is 5.91 Å². The number of fused-ring (bicyclic) bond motifs is 2. The number of hydrogen-bond acceptors (Lipinski definition) is 4. The quantitative estimate of drug-likeness (QED) is 0.716. The van der Waals surface area contributed by atoms with Gasteiger partial charge in [-0.1, -0.05) is 36.4 Å². The summed E-state index contributed by atoms with van der Waals surface area (Å²) in [6.07, 6.45) is 4.22. The number of hydrogen-bond donors (Lipinski definition) is 0. The summed E-state index contributed by atoms with van der Waals surface area (Å²) in [6.45, 7) is 1.35. The number of rotatable bonds is 2. The van der Waals surface area contributed by atoms with Crippen LogP contribution in [0.2, 0.25) is 0 Å². The maximum atomic E-state index is 13.5. The van der Waals surface area contributed by atoms with Gasteiger partial charge in [-0.05, 0) is 18.6 Å². The first-order valence-electron chi connectivity index (χ1n) is 8.81. The highest BCUT2D eigenvalue weighted by atomic mass is 16.5. The summed E-state index contributed by atoms with van der Waals surface area (Å²) in [5.74, 6) is 1.30. The second-order valence-electron chi connectivity index (χ2n) is 6.69. The van der Waals surface area contributed by atoms with Gasteiger partial charge in [0.25, 0.3) is 0 Å². The molecule has 2 aliphatic rings. The molecular formula is C20H18N4O2. The van der Waals surface area contributed by atoms with Gasteiger partial charge in [0.05, 0.1) is 24.4 Å². The molecule has 0 bridgehead atoms. The molecule has 5 rings (SSSR count). The fraction of sp³-hybridized carbons (Fsp3) is 0.250. The lowest BCUT2D eigenvalue weighted by molar-refractivity contribution is -0.131. The van der Waals surface area contributed by atoms with Crippen LogP contribution in [0, 0.1) is 0 Å². The van der Waals surface area contributed by atoms with Crippen molar-refractivity contribution in [3.8, 4) is 11.5 Å². The zero-order chi connectivity index (χ0) is 17.5. The van der Waals surface area contributed by atoms with Crippen LogP contribution in [-0.2, 0) is 4.79 Å². The largest absolute Gasteiger partial charge is 0.457 e. The van der Waals surface area contributed by atoms with E-state index in [2.05, 4.69) is 10.2 Å². The van der Waals surface area contributed by atoms with Crippen LogP contribution in [0.15, 0.2) is 60.9 Å². The van der Waals surface area contributed by atoms with Crippen LogP contribution in [0.1, 0.15) is 29.5 Å². The molecule has 1 aromatic heterocycles. The number of likely N-dealkylation sites (tertiary alicyclic amines) is 1. The molecule has 0 saturated carbocycles. The first kappa shape index (κ1) is 15.1. The van der Waals surface area contributed by atoms with E-state index in [4.69, 9.17) is 4.74 Å². The second kappa shape index (κ2) is 5.98. The Morgan fingerprint density at radius 1 is 0.962 bits per heavy atom. The molecule has 1 saturated heterocycles. The number of carbonyl (C=O) groups is 1.